The Morgan fingerprint density at radius 2 is 1.68 bits per heavy atom. The molecule has 0 radical (unpaired) electrons. The first-order valence-corrected chi connectivity index (χ1v) is 6.53. The van der Waals surface area contributed by atoms with Gasteiger partial charge in [-0.2, -0.15) is 16.9 Å². The van der Waals surface area contributed by atoms with Gasteiger partial charge in [0.05, 0.1) is 0 Å². The fourth-order valence-corrected chi connectivity index (χ4v) is 2.66. The SMILES string of the molecule is C[C-](Sc1ccccc1)n1nnc2ccccc21.[Li+]. The predicted octanol–water partition coefficient (Wildman–Crippen LogP) is 0.585. The molecule has 0 bridgehead atoms. The molecule has 0 aliphatic rings. The molecule has 0 fully saturated rings. The fourth-order valence-electron chi connectivity index (χ4n) is 1.80. The number of fused-ring (bicyclic) bond motifs is 1. The number of aromatic nitrogens is 3. The van der Waals surface area contributed by atoms with Crippen LogP contribution >= 0.6 is 11.8 Å². The molecule has 0 atom stereocenters. The van der Waals surface area contributed by atoms with Crippen LogP contribution in [0.5, 0.6) is 0 Å². The standard InChI is InChI=1S/C14H12N3S.Li/c1-11(18-12-7-3-2-4-8-12)17-14-10-6-5-9-13(14)15-16-17;/h2-10H,1H3;/q-1;+1. The summed E-state index contributed by atoms with van der Waals surface area (Å²) in [5.74, 6) is 0. The normalized spacial score (nSPS) is 10.2. The first-order valence-electron chi connectivity index (χ1n) is 5.72. The number of thioether (sulfide) groups is 1. The van der Waals surface area contributed by atoms with E-state index in [9.17, 15) is 0 Å². The van der Waals surface area contributed by atoms with E-state index in [2.05, 4.69) is 29.4 Å². The molecule has 5 heteroatoms. The van der Waals surface area contributed by atoms with Crippen LogP contribution in [-0.2, 0) is 0 Å². The van der Waals surface area contributed by atoms with Crippen LogP contribution in [0.25, 0.3) is 11.0 Å². The van der Waals surface area contributed by atoms with Gasteiger partial charge < -0.3 is 4.68 Å². The van der Waals surface area contributed by atoms with E-state index in [1.807, 2.05) is 47.1 Å². The van der Waals surface area contributed by atoms with Crippen molar-refractivity contribution in [2.24, 2.45) is 0 Å². The van der Waals surface area contributed by atoms with Gasteiger partial charge in [-0.1, -0.05) is 59.4 Å². The van der Waals surface area contributed by atoms with E-state index in [1.54, 1.807) is 11.8 Å². The molecule has 0 aliphatic carbocycles. The molecule has 0 saturated carbocycles. The second-order valence-electron chi connectivity index (χ2n) is 3.92. The number of benzene rings is 2. The van der Waals surface area contributed by atoms with Gasteiger partial charge in [0.2, 0.25) is 0 Å². The molecule has 1 heterocycles. The molecule has 0 unspecified atom stereocenters. The van der Waals surface area contributed by atoms with Gasteiger partial charge in [-0.3, -0.25) is 0 Å². The maximum absolute atomic E-state index is 4.20. The molecular weight excluding hydrogens is 249 g/mol. The Morgan fingerprint density at radius 3 is 2.47 bits per heavy atom. The Kier molecular flexibility index (Phi) is 4.60. The second-order valence-corrected chi connectivity index (χ2v) is 5.19. The number of hydrogen-bond donors (Lipinski definition) is 0. The molecular formula is C14H12LiN3S. The maximum atomic E-state index is 4.20. The van der Waals surface area contributed by atoms with Gasteiger partial charge >= 0.3 is 18.9 Å². The zero-order valence-corrected chi connectivity index (χ0v) is 11.8. The molecule has 3 rings (SSSR count). The summed E-state index contributed by atoms with van der Waals surface area (Å²) in [6, 6.07) is 18.3. The minimum absolute atomic E-state index is 0. The smallest absolute Gasteiger partial charge is 0.365 e. The van der Waals surface area contributed by atoms with E-state index >= 15 is 0 Å². The van der Waals surface area contributed by atoms with Crippen LogP contribution in [0.15, 0.2) is 59.5 Å². The molecule has 0 saturated heterocycles. The largest absolute Gasteiger partial charge is 1.00 e. The molecule has 90 valence electrons. The summed E-state index contributed by atoms with van der Waals surface area (Å²) >= 11 is 1.69. The molecule has 0 amide bonds. The van der Waals surface area contributed by atoms with Crippen molar-refractivity contribution in [1.29, 1.82) is 0 Å². The topological polar surface area (TPSA) is 30.7 Å². The van der Waals surface area contributed by atoms with Crippen molar-refractivity contribution in [3.63, 3.8) is 0 Å². The van der Waals surface area contributed by atoms with Crippen molar-refractivity contribution in [3.8, 4) is 0 Å². The number of para-hydroxylation sites is 1. The summed E-state index contributed by atoms with van der Waals surface area (Å²) in [6.45, 7) is 2.05. The third-order valence-corrected chi connectivity index (χ3v) is 3.64. The van der Waals surface area contributed by atoms with Crippen LogP contribution in [0, 0.1) is 5.37 Å². The van der Waals surface area contributed by atoms with Crippen LogP contribution < -0.4 is 18.9 Å². The predicted molar refractivity (Wildman–Crippen MR) is 74.1 cm³/mol. The first-order chi connectivity index (χ1) is 8.84. The van der Waals surface area contributed by atoms with Crippen molar-refractivity contribution >= 4 is 22.8 Å². The van der Waals surface area contributed by atoms with E-state index in [4.69, 9.17) is 0 Å². The van der Waals surface area contributed by atoms with Crippen LogP contribution in [0.1, 0.15) is 6.92 Å². The quantitative estimate of drug-likeness (QED) is 0.393. The van der Waals surface area contributed by atoms with E-state index in [1.165, 1.54) is 4.90 Å². The minimum atomic E-state index is 0. The number of nitrogens with zero attached hydrogens (tertiary/aromatic N) is 3. The van der Waals surface area contributed by atoms with Gasteiger partial charge in [0.15, 0.2) is 0 Å². The Balaban J connectivity index is 0.00000133. The van der Waals surface area contributed by atoms with Crippen molar-refractivity contribution < 1.29 is 18.9 Å². The van der Waals surface area contributed by atoms with E-state index in [-0.39, 0.29) is 18.9 Å². The Bertz CT molecular complexity index is 654. The summed E-state index contributed by atoms with van der Waals surface area (Å²) < 4.78 is 1.88. The van der Waals surface area contributed by atoms with Crippen LogP contribution in [0.3, 0.4) is 0 Å². The maximum Gasteiger partial charge on any atom is 1.00 e. The zero-order valence-electron chi connectivity index (χ0n) is 10.9. The van der Waals surface area contributed by atoms with Gasteiger partial charge in [-0.15, -0.1) is 6.07 Å². The Labute approximate surface area is 128 Å². The minimum Gasteiger partial charge on any atom is -0.365 e. The Hall–Kier alpha value is -1.34. The molecule has 2 aromatic carbocycles. The number of hydrogen-bond acceptors (Lipinski definition) is 3. The summed E-state index contributed by atoms with van der Waals surface area (Å²) in [7, 11) is 0. The van der Waals surface area contributed by atoms with Crippen molar-refractivity contribution in [2.75, 3.05) is 0 Å². The van der Waals surface area contributed by atoms with Gasteiger partial charge in [-0.25, -0.2) is 0 Å². The summed E-state index contributed by atoms with van der Waals surface area (Å²) in [5.41, 5.74) is 1.96. The van der Waals surface area contributed by atoms with Crippen LogP contribution in [-0.4, -0.2) is 15.0 Å². The van der Waals surface area contributed by atoms with Gasteiger partial charge in [0.1, 0.15) is 0 Å². The molecule has 19 heavy (non-hydrogen) atoms. The van der Waals surface area contributed by atoms with Crippen LogP contribution in [0.2, 0.25) is 0 Å². The van der Waals surface area contributed by atoms with E-state index in [0.29, 0.717) is 0 Å². The summed E-state index contributed by atoms with van der Waals surface area (Å²) in [5, 5.41) is 9.45. The molecule has 3 aromatic rings. The van der Waals surface area contributed by atoms with Crippen molar-refractivity contribution in [3.05, 3.63) is 60.0 Å². The third kappa shape index (κ3) is 2.98. The average Bonchev–Trinajstić information content (AvgIpc) is 2.84. The van der Waals surface area contributed by atoms with Crippen molar-refractivity contribution in [2.45, 2.75) is 11.8 Å². The molecule has 0 spiro atoms. The second kappa shape index (κ2) is 6.20. The molecule has 0 aliphatic heterocycles. The third-order valence-electron chi connectivity index (χ3n) is 2.66. The summed E-state index contributed by atoms with van der Waals surface area (Å²) in [4.78, 5) is 1.20. The summed E-state index contributed by atoms with van der Waals surface area (Å²) in [6.07, 6.45) is 0. The van der Waals surface area contributed by atoms with E-state index in [0.717, 1.165) is 16.4 Å². The molecule has 3 nitrogen and oxygen atoms in total. The number of rotatable bonds is 3. The van der Waals surface area contributed by atoms with Crippen LogP contribution in [0.4, 0.5) is 0 Å². The fraction of sp³-hybridized carbons (Fsp3) is 0.0714. The van der Waals surface area contributed by atoms with Gasteiger partial charge in [0.25, 0.3) is 0 Å². The molecule has 0 N–H and O–H groups in total. The van der Waals surface area contributed by atoms with Gasteiger partial charge in [-0.05, 0) is 17.0 Å². The first kappa shape index (κ1) is 14.1. The van der Waals surface area contributed by atoms with Gasteiger partial charge in [0, 0.05) is 5.52 Å². The monoisotopic (exact) mass is 261 g/mol. The Morgan fingerprint density at radius 1 is 1.00 bits per heavy atom. The van der Waals surface area contributed by atoms with Crippen molar-refractivity contribution in [1.82, 2.24) is 15.0 Å². The zero-order chi connectivity index (χ0) is 12.4. The average molecular weight is 261 g/mol. The molecule has 1 aromatic heterocycles. The van der Waals surface area contributed by atoms with E-state index < -0.39 is 0 Å².